The van der Waals surface area contributed by atoms with Gasteiger partial charge in [-0.3, -0.25) is 0 Å². The van der Waals surface area contributed by atoms with Crippen LogP contribution in [0.15, 0.2) is 12.1 Å². The third-order valence-corrected chi connectivity index (χ3v) is 4.03. The number of hydrogen-bond acceptors (Lipinski definition) is 5. The number of imidazole rings is 1. The second-order valence-electron chi connectivity index (χ2n) is 4.13. The van der Waals surface area contributed by atoms with Gasteiger partial charge in [0.15, 0.2) is 5.69 Å². The number of carbonyl (C=O) groups is 1. The topological polar surface area (TPSA) is 70.1 Å². The van der Waals surface area contributed by atoms with E-state index in [-0.39, 0.29) is 5.69 Å². The van der Waals surface area contributed by atoms with Crippen molar-refractivity contribution in [3.05, 3.63) is 32.9 Å². The van der Waals surface area contributed by atoms with E-state index in [9.17, 15) is 4.79 Å². The minimum atomic E-state index is -0.484. The molecule has 0 unspecified atom stereocenters. The molecule has 0 fully saturated rings. The van der Waals surface area contributed by atoms with E-state index in [1.807, 2.05) is 23.6 Å². The maximum absolute atomic E-state index is 11.8. The molecule has 0 saturated heterocycles. The highest BCUT2D eigenvalue weighted by Crippen LogP contribution is 2.25. The number of halogens is 1. The molecule has 20 heavy (non-hydrogen) atoms. The highest BCUT2D eigenvalue weighted by Gasteiger charge is 2.21. The lowest BCUT2D eigenvalue weighted by atomic mass is 10.4. The highest BCUT2D eigenvalue weighted by molar-refractivity contribution is 7.16. The molecule has 5 nitrogen and oxygen atoms in total. The Morgan fingerprint density at radius 3 is 2.80 bits per heavy atom. The summed E-state index contributed by atoms with van der Waals surface area (Å²) in [7, 11) is 0. The largest absolute Gasteiger partial charge is 0.461 e. The Balaban J connectivity index is 2.34. The van der Waals surface area contributed by atoms with Crippen molar-refractivity contribution in [3.8, 4) is 0 Å². The third kappa shape index (κ3) is 2.96. The molecule has 2 rings (SSSR count). The SMILES string of the molecule is CCOC(=O)c1nc(CC)n(Cc2ccc(Cl)s2)c1N. The number of esters is 1. The molecule has 0 aliphatic heterocycles. The van der Waals surface area contributed by atoms with E-state index in [0.29, 0.717) is 25.4 Å². The lowest BCUT2D eigenvalue weighted by Crippen LogP contribution is -2.10. The van der Waals surface area contributed by atoms with Gasteiger partial charge in [-0.1, -0.05) is 18.5 Å². The van der Waals surface area contributed by atoms with Gasteiger partial charge in [0.1, 0.15) is 11.6 Å². The molecule has 2 N–H and O–H groups in total. The van der Waals surface area contributed by atoms with Gasteiger partial charge in [-0.15, -0.1) is 11.3 Å². The van der Waals surface area contributed by atoms with Gasteiger partial charge in [0.25, 0.3) is 0 Å². The molecular formula is C13H16ClN3O2S. The summed E-state index contributed by atoms with van der Waals surface area (Å²) in [5.74, 6) is 0.613. The van der Waals surface area contributed by atoms with Crippen molar-refractivity contribution >= 4 is 34.7 Å². The lowest BCUT2D eigenvalue weighted by molar-refractivity contribution is 0.0521. The van der Waals surface area contributed by atoms with Crippen molar-refractivity contribution < 1.29 is 9.53 Å². The van der Waals surface area contributed by atoms with Crippen molar-refractivity contribution in [1.82, 2.24) is 9.55 Å². The van der Waals surface area contributed by atoms with Gasteiger partial charge in [-0.05, 0) is 19.1 Å². The number of ether oxygens (including phenoxy) is 1. The van der Waals surface area contributed by atoms with Crippen LogP contribution in [0.1, 0.15) is 35.0 Å². The molecule has 2 heterocycles. The van der Waals surface area contributed by atoms with Crippen LogP contribution in [-0.2, 0) is 17.7 Å². The fourth-order valence-electron chi connectivity index (χ4n) is 1.90. The smallest absolute Gasteiger partial charge is 0.360 e. The van der Waals surface area contributed by atoms with E-state index < -0.39 is 5.97 Å². The van der Waals surface area contributed by atoms with E-state index in [1.165, 1.54) is 11.3 Å². The molecule has 7 heteroatoms. The van der Waals surface area contributed by atoms with Crippen LogP contribution < -0.4 is 5.73 Å². The summed E-state index contributed by atoms with van der Waals surface area (Å²) in [5, 5.41) is 0. The van der Waals surface area contributed by atoms with Crippen LogP contribution in [0, 0.1) is 0 Å². The van der Waals surface area contributed by atoms with Crippen LogP contribution in [0.5, 0.6) is 0 Å². The molecule has 2 aromatic rings. The van der Waals surface area contributed by atoms with Crippen LogP contribution in [0.4, 0.5) is 5.82 Å². The van der Waals surface area contributed by atoms with Crippen LogP contribution in [0.2, 0.25) is 4.34 Å². The average molecular weight is 314 g/mol. The van der Waals surface area contributed by atoms with E-state index in [2.05, 4.69) is 4.98 Å². The highest BCUT2D eigenvalue weighted by atomic mass is 35.5. The number of rotatable bonds is 5. The van der Waals surface area contributed by atoms with Gasteiger partial charge in [0, 0.05) is 11.3 Å². The van der Waals surface area contributed by atoms with Gasteiger partial charge in [-0.25, -0.2) is 9.78 Å². The second-order valence-corrected chi connectivity index (χ2v) is 5.93. The van der Waals surface area contributed by atoms with Crippen molar-refractivity contribution in [2.24, 2.45) is 0 Å². The molecule has 0 saturated carbocycles. The maximum atomic E-state index is 11.8. The van der Waals surface area contributed by atoms with E-state index >= 15 is 0 Å². The fourth-order valence-corrected chi connectivity index (χ4v) is 2.98. The number of nitrogens with two attached hydrogens (primary N) is 1. The monoisotopic (exact) mass is 313 g/mol. The van der Waals surface area contributed by atoms with E-state index in [1.54, 1.807) is 6.92 Å². The number of nitrogens with zero attached hydrogens (tertiary/aromatic N) is 2. The van der Waals surface area contributed by atoms with Crippen molar-refractivity contribution in [2.75, 3.05) is 12.3 Å². The predicted molar refractivity (Wildman–Crippen MR) is 80.4 cm³/mol. The normalized spacial score (nSPS) is 10.8. The Morgan fingerprint density at radius 1 is 1.50 bits per heavy atom. The van der Waals surface area contributed by atoms with Crippen LogP contribution >= 0.6 is 22.9 Å². The summed E-state index contributed by atoms with van der Waals surface area (Å²) in [5.41, 5.74) is 6.22. The first-order valence-corrected chi connectivity index (χ1v) is 7.52. The third-order valence-electron chi connectivity index (χ3n) is 2.81. The number of aromatic nitrogens is 2. The number of nitrogen functional groups attached to an aromatic ring is 1. The fraction of sp³-hybridized carbons (Fsp3) is 0.385. The first-order valence-electron chi connectivity index (χ1n) is 6.33. The Morgan fingerprint density at radius 2 is 2.25 bits per heavy atom. The molecule has 0 aromatic carbocycles. The molecule has 0 radical (unpaired) electrons. The summed E-state index contributed by atoms with van der Waals surface area (Å²) in [6.07, 6.45) is 0.683. The van der Waals surface area contributed by atoms with Gasteiger partial charge in [0.2, 0.25) is 0 Å². The summed E-state index contributed by atoms with van der Waals surface area (Å²) in [6, 6.07) is 3.78. The first kappa shape index (κ1) is 14.9. The van der Waals surface area contributed by atoms with Gasteiger partial charge in [-0.2, -0.15) is 0 Å². The zero-order chi connectivity index (χ0) is 14.7. The molecule has 0 bridgehead atoms. The van der Waals surface area contributed by atoms with Crippen LogP contribution in [0.3, 0.4) is 0 Å². The first-order chi connectivity index (χ1) is 9.56. The second kappa shape index (κ2) is 6.28. The number of aryl methyl sites for hydroxylation is 1. The number of hydrogen-bond donors (Lipinski definition) is 1. The minimum Gasteiger partial charge on any atom is -0.461 e. The number of anilines is 1. The molecule has 0 atom stereocenters. The molecule has 0 aliphatic carbocycles. The van der Waals surface area contributed by atoms with E-state index in [4.69, 9.17) is 22.1 Å². The van der Waals surface area contributed by atoms with Crippen molar-refractivity contribution in [3.63, 3.8) is 0 Å². The van der Waals surface area contributed by atoms with Crippen LogP contribution in [-0.4, -0.2) is 22.1 Å². The Labute approximate surface area is 126 Å². The van der Waals surface area contributed by atoms with Crippen molar-refractivity contribution in [1.29, 1.82) is 0 Å². The summed E-state index contributed by atoms with van der Waals surface area (Å²) in [6.45, 7) is 4.57. The minimum absolute atomic E-state index is 0.186. The molecular weight excluding hydrogens is 298 g/mol. The summed E-state index contributed by atoms with van der Waals surface area (Å²) >= 11 is 7.41. The van der Waals surface area contributed by atoms with Gasteiger partial charge in [0.05, 0.1) is 17.5 Å². The molecule has 0 aliphatic rings. The average Bonchev–Trinajstić information content (AvgIpc) is 2.96. The maximum Gasteiger partial charge on any atom is 0.360 e. The molecule has 2 aromatic heterocycles. The lowest BCUT2D eigenvalue weighted by Gasteiger charge is -2.07. The molecule has 0 spiro atoms. The standard InChI is InChI=1S/C13H16ClN3O2S/c1-3-10-16-11(13(18)19-4-2)12(15)17(10)7-8-5-6-9(14)20-8/h5-6H,3-4,7,15H2,1-2H3. The number of thiophene rings is 1. The zero-order valence-corrected chi connectivity index (χ0v) is 12.9. The van der Waals surface area contributed by atoms with Crippen LogP contribution in [0.25, 0.3) is 0 Å². The van der Waals surface area contributed by atoms with Crippen molar-refractivity contribution in [2.45, 2.75) is 26.8 Å². The molecule has 0 amide bonds. The predicted octanol–water partition coefficient (Wildman–Crippen LogP) is 2.97. The summed E-state index contributed by atoms with van der Waals surface area (Å²) in [4.78, 5) is 17.2. The summed E-state index contributed by atoms with van der Waals surface area (Å²) < 4.78 is 7.51. The van der Waals surface area contributed by atoms with Gasteiger partial charge < -0.3 is 15.0 Å². The Hall–Kier alpha value is -1.53. The quantitative estimate of drug-likeness (QED) is 0.862. The Kier molecular flexibility index (Phi) is 4.67. The number of carbonyl (C=O) groups excluding carboxylic acids is 1. The zero-order valence-electron chi connectivity index (χ0n) is 11.4. The molecule has 108 valence electrons. The van der Waals surface area contributed by atoms with Gasteiger partial charge >= 0.3 is 5.97 Å². The van der Waals surface area contributed by atoms with E-state index in [0.717, 1.165) is 15.0 Å². The Bertz CT molecular complexity index is 621.